The Labute approximate surface area is 285 Å². The Balaban J connectivity index is 1.35. The first kappa shape index (κ1) is 37.1. The first-order valence-electron chi connectivity index (χ1n) is 15.6. The SMILES string of the molecule is CCCCCc1ccc(-c2ccc(-c3cc(F)c(C(F)(F)Oc4ccc(-c5cc(F)c(C=CC(F)(F)F)c(F)c5)c(F)c4)c(F)c3)c(F)c2)cc1. The first-order chi connectivity index (χ1) is 24.1. The number of unbranched alkanes of at least 4 members (excludes halogenated alkanes) is 2. The van der Waals surface area contributed by atoms with E-state index in [1.165, 1.54) is 12.1 Å². The van der Waals surface area contributed by atoms with E-state index in [0.29, 0.717) is 41.5 Å². The van der Waals surface area contributed by atoms with E-state index in [0.717, 1.165) is 49.4 Å². The van der Waals surface area contributed by atoms with Crippen molar-refractivity contribution in [2.75, 3.05) is 0 Å². The highest BCUT2D eigenvalue weighted by Gasteiger charge is 2.41. The minimum Gasteiger partial charge on any atom is -0.429 e. The number of halogens is 11. The van der Waals surface area contributed by atoms with Gasteiger partial charge in [0.1, 0.15) is 46.2 Å². The van der Waals surface area contributed by atoms with E-state index in [9.17, 15) is 26.3 Å². The van der Waals surface area contributed by atoms with Crippen molar-refractivity contribution in [2.45, 2.75) is 44.9 Å². The smallest absolute Gasteiger partial charge is 0.429 e. The monoisotopic (exact) mass is 720 g/mol. The summed E-state index contributed by atoms with van der Waals surface area (Å²) in [6.45, 7) is 2.10. The second-order valence-electron chi connectivity index (χ2n) is 11.7. The van der Waals surface area contributed by atoms with E-state index < -0.39 is 81.3 Å². The molecule has 5 aromatic carbocycles. The van der Waals surface area contributed by atoms with Crippen LogP contribution in [0.25, 0.3) is 39.5 Å². The van der Waals surface area contributed by atoms with Crippen LogP contribution in [-0.2, 0) is 12.5 Å². The van der Waals surface area contributed by atoms with Crippen molar-refractivity contribution in [1.82, 2.24) is 0 Å². The lowest BCUT2D eigenvalue weighted by atomic mass is 9.97. The highest BCUT2D eigenvalue weighted by Crippen LogP contribution is 2.39. The number of hydrogen-bond acceptors (Lipinski definition) is 1. The highest BCUT2D eigenvalue weighted by atomic mass is 19.4. The van der Waals surface area contributed by atoms with E-state index in [1.807, 2.05) is 24.3 Å². The van der Waals surface area contributed by atoms with Crippen LogP contribution >= 0.6 is 0 Å². The third kappa shape index (κ3) is 8.79. The van der Waals surface area contributed by atoms with Gasteiger partial charge >= 0.3 is 12.3 Å². The van der Waals surface area contributed by atoms with Gasteiger partial charge in [-0.05, 0) is 89.2 Å². The lowest BCUT2D eigenvalue weighted by molar-refractivity contribution is -0.189. The molecule has 0 N–H and O–H groups in total. The topological polar surface area (TPSA) is 9.23 Å². The van der Waals surface area contributed by atoms with Crippen LogP contribution in [0.5, 0.6) is 5.75 Å². The summed E-state index contributed by atoms with van der Waals surface area (Å²) in [7, 11) is 0. The molecule has 1 nitrogen and oxygen atoms in total. The summed E-state index contributed by atoms with van der Waals surface area (Å²) < 4.78 is 161. The molecule has 5 aromatic rings. The number of aryl methyl sites for hydroxylation is 1. The van der Waals surface area contributed by atoms with Gasteiger partial charge in [-0.3, -0.25) is 0 Å². The summed E-state index contributed by atoms with van der Waals surface area (Å²) in [4.78, 5) is 0. The van der Waals surface area contributed by atoms with Gasteiger partial charge in [0.25, 0.3) is 0 Å². The first-order valence-corrected chi connectivity index (χ1v) is 15.6. The summed E-state index contributed by atoms with van der Waals surface area (Å²) in [6.07, 6.45) is -5.70. The van der Waals surface area contributed by atoms with Crippen LogP contribution in [0.4, 0.5) is 48.3 Å². The lowest BCUT2D eigenvalue weighted by Gasteiger charge is -2.20. The molecule has 0 unspecified atom stereocenters. The molecule has 0 heterocycles. The minimum atomic E-state index is -4.86. The van der Waals surface area contributed by atoms with Crippen LogP contribution in [0.15, 0.2) is 91.0 Å². The molecule has 0 fully saturated rings. The van der Waals surface area contributed by atoms with Gasteiger partial charge in [0, 0.05) is 28.8 Å². The average molecular weight is 721 g/mol. The van der Waals surface area contributed by atoms with Gasteiger partial charge < -0.3 is 4.74 Å². The van der Waals surface area contributed by atoms with Crippen molar-refractivity contribution in [3.63, 3.8) is 0 Å². The summed E-state index contributed by atoms with van der Waals surface area (Å²) in [5.41, 5.74) is -2.28. The van der Waals surface area contributed by atoms with Gasteiger partial charge in [-0.2, -0.15) is 22.0 Å². The molecule has 266 valence electrons. The molecule has 0 radical (unpaired) electrons. The molecule has 12 heteroatoms. The number of rotatable bonds is 11. The Morgan fingerprint density at radius 1 is 0.549 bits per heavy atom. The Bertz CT molecular complexity index is 2020. The molecule has 51 heavy (non-hydrogen) atoms. The molecular weight excluding hydrogens is 693 g/mol. The Hall–Kier alpha value is -5.13. The fourth-order valence-corrected chi connectivity index (χ4v) is 5.45. The van der Waals surface area contributed by atoms with Crippen molar-refractivity contribution in [3.8, 4) is 39.1 Å². The molecule has 0 aliphatic heterocycles. The maximum atomic E-state index is 15.2. The van der Waals surface area contributed by atoms with Gasteiger partial charge in [-0.25, -0.2) is 26.3 Å². The van der Waals surface area contributed by atoms with Crippen molar-refractivity contribution >= 4 is 6.08 Å². The number of alkyl halides is 5. The lowest BCUT2D eigenvalue weighted by Crippen LogP contribution is -2.25. The van der Waals surface area contributed by atoms with Gasteiger partial charge in [-0.1, -0.05) is 56.2 Å². The average Bonchev–Trinajstić information content (AvgIpc) is 3.03. The van der Waals surface area contributed by atoms with E-state index in [-0.39, 0.29) is 17.2 Å². The summed E-state index contributed by atoms with van der Waals surface area (Å²) in [5, 5.41) is 0. The molecule has 0 aliphatic carbocycles. The quantitative estimate of drug-likeness (QED) is 0.0975. The Morgan fingerprint density at radius 3 is 1.59 bits per heavy atom. The number of ether oxygens (including phenoxy) is 1. The van der Waals surface area contributed by atoms with Gasteiger partial charge in [0.15, 0.2) is 0 Å². The fraction of sp³-hybridized carbons (Fsp3) is 0.179. The third-order valence-electron chi connectivity index (χ3n) is 7.99. The second kappa shape index (κ2) is 15.0. The van der Waals surface area contributed by atoms with Gasteiger partial charge in [-0.15, -0.1) is 0 Å². The molecule has 0 aliphatic rings. The molecule has 0 saturated heterocycles. The maximum Gasteiger partial charge on any atom is 0.432 e. The number of hydrogen-bond donors (Lipinski definition) is 0. The maximum absolute atomic E-state index is 15.2. The second-order valence-corrected chi connectivity index (χ2v) is 11.7. The zero-order valence-electron chi connectivity index (χ0n) is 26.6. The summed E-state index contributed by atoms with van der Waals surface area (Å²) in [5.74, 6) is -9.68. The van der Waals surface area contributed by atoms with Crippen molar-refractivity contribution < 1.29 is 53.0 Å². The van der Waals surface area contributed by atoms with Crippen LogP contribution in [0.1, 0.15) is 42.9 Å². The molecular formula is C39H27F11O. The van der Waals surface area contributed by atoms with Crippen molar-refractivity contribution in [3.05, 3.63) is 143 Å². The highest BCUT2D eigenvalue weighted by molar-refractivity contribution is 5.72. The van der Waals surface area contributed by atoms with Gasteiger partial charge in [0.2, 0.25) is 0 Å². The fourth-order valence-electron chi connectivity index (χ4n) is 5.45. The standard InChI is InChI=1S/C39H27F11O/c1-2-3-4-5-22-6-8-23(9-7-22)24-10-12-28(31(40)16-24)26-19-35(44)37(36(45)20-26)39(49,50)51-27-11-13-29(34(43)21-27)25-17-32(41)30(33(42)18-25)14-15-38(46,47)48/h6-21H,2-5H2,1H3. The molecule has 0 atom stereocenters. The van der Waals surface area contributed by atoms with Crippen LogP contribution in [-0.4, -0.2) is 6.18 Å². The van der Waals surface area contributed by atoms with Crippen LogP contribution in [0, 0.1) is 34.9 Å². The normalized spacial score (nSPS) is 12.2. The van der Waals surface area contributed by atoms with Crippen molar-refractivity contribution in [2.24, 2.45) is 0 Å². The predicted molar refractivity (Wildman–Crippen MR) is 172 cm³/mol. The number of allylic oxidation sites excluding steroid dienone is 1. The Kier molecular flexibility index (Phi) is 10.9. The zero-order valence-corrected chi connectivity index (χ0v) is 26.6. The zero-order chi connectivity index (χ0) is 37.1. The van der Waals surface area contributed by atoms with Crippen LogP contribution in [0.2, 0.25) is 0 Å². The van der Waals surface area contributed by atoms with Gasteiger partial charge in [0.05, 0.1) is 0 Å². The minimum absolute atomic E-state index is 0.149. The van der Waals surface area contributed by atoms with E-state index >= 15 is 22.0 Å². The molecule has 0 saturated carbocycles. The third-order valence-corrected chi connectivity index (χ3v) is 7.99. The van der Waals surface area contributed by atoms with Crippen molar-refractivity contribution in [1.29, 1.82) is 0 Å². The summed E-state index contributed by atoms with van der Waals surface area (Å²) in [6, 6.07) is 15.4. The van der Waals surface area contributed by atoms with Crippen LogP contribution in [0.3, 0.4) is 0 Å². The Morgan fingerprint density at radius 2 is 1.06 bits per heavy atom. The molecule has 0 amide bonds. The number of benzene rings is 5. The molecule has 0 bridgehead atoms. The van der Waals surface area contributed by atoms with E-state index in [4.69, 9.17) is 0 Å². The summed E-state index contributed by atoms with van der Waals surface area (Å²) >= 11 is 0. The predicted octanol–water partition coefficient (Wildman–Crippen LogP) is 13.0. The molecule has 0 aromatic heterocycles. The van der Waals surface area contributed by atoms with Crippen LogP contribution < -0.4 is 4.74 Å². The molecule has 0 spiro atoms. The molecule has 5 rings (SSSR count). The van der Waals surface area contributed by atoms with E-state index in [1.54, 1.807) is 0 Å². The van der Waals surface area contributed by atoms with E-state index in [2.05, 4.69) is 11.7 Å². The largest absolute Gasteiger partial charge is 0.432 e.